The number of hydrogen-bond donors (Lipinski definition) is 4. The SMILES string of the molecule is CC(=O)N[C@H]1CO[C@H](CO)[C@H](O)[C@@H]1O.COC. The van der Waals surface area contributed by atoms with E-state index >= 15 is 0 Å². The van der Waals surface area contributed by atoms with E-state index < -0.39 is 24.4 Å². The van der Waals surface area contributed by atoms with Crippen LogP contribution in [0.25, 0.3) is 0 Å². The van der Waals surface area contributed by atoms with Crippen LogP contribution in [0.2, 0.25) is 0 Å². The number of aliphatic hydroxyl groups excluding tert-OH is 3. The third kappa shape index (κ3) is 5.42. The van der Waals surface area contributed by atoms with E-state index in [0.29, 0.717) is 0 Å². The van der Waals surface area contributed by atoms with Crippen LogP contribution in [0, 0.1) is 0 Å². The molecule has 0 aromatic heterocycles. The van der Waals surface area contributed by atoms with Crippen molar-refractivity contribution in [2.75, 3.05) is 27.4 Å². The highest BCUT2D eigenvalue weighted by molar-refractivity contribution is 5.73. The molecule has 0 aromatic rings. The zero-order chi connectivity index (χ0) is 13.4. The molecule has 1 rings (SSSR count). The van der Waals surface area contributed by atoms with Gasteiger partial charge in [-0.25, -0.2) is 0 Å². The maximum atomic E-state index is 10.7. The van der Waals surface area contributed by atoms with Crippen molar-refractivity contribution in [1.82, 2.24) is 5.32 Å². The third-order valence-corrected chi connectivity index (χ3v) is 2.20. The molecule has 0 bridgehead atoms. The molecular weight excluding hydrogens is 230 g/mol. The summed E-state index contributed by atoms with van der Waals surface area (Å²) in [6, 6.07) is -0.620. The summed E-state index contributed by atoms with van der Waals surface area (Å²) in [5.41, 5.74) is 0. The Morgan fingerprint density at radius 3 is 2.35 bits per heavy atom. The summed E-state index contributed by atoms with van der Waals surface area (Å²) in [5.74, 6) is -0.299. The van der Waals surface area contributed by atoms with Gasteiger partial charge < -0.3 is 30.1 Å². The normalized spacial score (nSPS) is 32.4. The van der Waals surface area contributed by atoms with E-state index in [1.807, 2.05) is 0 Å². The molecule has 0 aromatic carbocycles. The fourth-order valence-electron chi connectivity index (χ4n) is 1.43. The highest BCUT2D eigenvalue weighted by Gasteiger charge is 2.38. The third-order valence-electron chi connectivity index (χ3n) is 2.20. The summed E-state index contributed by atoms with van der Waals surface area (Å²) >= 11 is 0. The van der Waals surface area contributed by atoms with Gasteiger partial charge in [0.15, 0.2) is 0 Å². The van der Waals surface area contributed by atoms with E-state index in [4.69, 9.17) is 9.84 Å². The van der Waals surface area contributed by atoms with Crippen LogP contribution >= 0.6 is 0 Å². The molecule has 1 saturated heterocycles. The molecule has 0 spiro atoms. The van der Waals surface area contributed by atoms with Crippen molar-refractivity contribution in [3.05, 3.63) is 0 Å². The Bertz CT molecular complexity index is 225. The molecule has 102 valence electrons. The Labute approximate surface area is 100 Å². The molecule has 7 heteroatoms. The van der Waals surface area contributed by atoms with E-state index in [1.165, 1.54) is 6.92 Å². The molecule has 4 N–H and O–H groups in total. The second kappa shape index (κ2) is 8.37. The molecule has 17 heavy (non-hydrogen) atoms. The molecule has 0 saturated carbocycles. The van der Waals surface area contributed by atoms with Crippen LogP contribution < -0.4 is 5.32 Å². The summed E-state index contributed by atoms with van der Waals surface area (Å²) in [6.07, 6.45) is -3.06. The zero-order valence-corrected chi connectivity index (χ0v) is 10.3. The average molecular weight is 251 g/mol. The lowest BCUT2D eigenvalue weighted by atomic mass is 9.98. The minimum Gasteiger partial charge on any atom is -0.394 e. The van der Waals surface area contributed by atoms with Gasteiger partial charge in [-0.3, -0.25) is 4.79 Å². The van der Waals surface area contributed by atoms with Gasteiger partial charge in [0.05, 0.1) is 19.3 Å². The van der Waals surface area contributed by atoms with Gasteiger partial charge in [-0.15, -0.1) is 0 Å². The number of methoxy groups -OCH3 is 1. The second-order valence-corrected chi connectivity index (χ2v) is 3.75. The van der Waals surface area contributed by atoms with Crippen molar-refractivity contribution in [1.29, 1.82) is 0 Å². The zero-order valence-electron chi connectivity index (χ0n) is 10.3. The molecule has 1 amide bonds. The van der Waals surface area contributed by atoms with Crippen molar-refractivity contribution in [3.63, 3.8) is 0 Å². The maximum absolute atomic E-state index is 10.7. The first-order valence-corrected chi connectivity index (χ1v) is 5.23. The van der Waals surface area contributed by atoms with Gasteiger partial charge in [0.25, 0.3) is 0 Å². The predicted octanol–water partition coefficient (Wildman–Crippen LogP) is -2.13. The molecular formula is C10H21NO6. The monoisotopic (exact) mass is 251 g/mol. The Kier molecular flexibility index (Phi) is 8.01. The molecule has 7 nitrogen and oxygen atoms in total. The van der Waals surface area contributed by atoms with E-state index in [-0.39, 0.29) is 19.1 Å². The lowest BCUT2D eigenvalue weighted by Crippen LogP contribution is -2.59. The number of amides is 1. The highest BCUT2D eigenvalue weighted by atomic mass is 16.5. The number of hydrogen-bond acceptors (Lipinski definition) is 6. The van der Waals surface area contributed by atoms with Crippen LogP contribution in [0.5, 0.6) is 0 Å². The number of rotatable bonds is 2. The largest absolute Gasteiger partial charge is 0.394 e. The van der Waals surface area contributed by atoms with E-state index in [1.54, 1.807) is 14.2 Å². The van der Waals surface area contributed by atoms with Crippen LogP contribution in [-0.2, 0) is 14.3 Å². The lowest BCUT2D eigenvalue weighted by molar-refractivity contribution is -0.164. The van der Waals surface area contributed by atoms with Crippen molar-refractivity contribution < 1.29 is 29.6 Å². The van der Waals surface area contributed by atoms with Gasteiger partial charge in [-0.1, -0.05) is 0 Å². The van der Waals surface area contributed by atoms with Crippen LogP contribution in [0.1, 0.15) is 6.92 Å². The average Bonchev–Trinajstić information content (AvgIpc) is 2.26. The van der Waals surface area contributed by atoms with Crippen molar-refractivity contribution in [2.45, 2.75) is 31.3 Å². The van der Waals surface area contributed by atoms with Crippen molar-refractivity contribution >= 4 is 5.91 Å². The van der Waals surface area contributed by atoms with E-state index in [2.05, 4.69) is 10.1 Å². The Morgan fingerprint density at radius 1 is 1.41 bits per heavy atom. The number of nitrogens with one attached hydrogen (secondary N) is 1. The molecule has 0 unspecified atom stereocenters. The first-order valence-electron chi connectivity index (χ1n) is 5.23. The van der Waals surface area contributed by atoms with Gasteiger partial charge in [0.2, 0.25) is 5.91 Å². The highest BCUT2D eigenvalue weighted by Crippen LogP contribution is 2.14. The summed E-state index contributed by atoms with van der Waals surface area (Å²) in [4.78, 5) is 10.7. The van der Waals surface area contributed by atoms with Gasteiger partial charge in [-0.2, -0.15) is 0 Å². The molecule has 0 radical (unpaired) electrons. The first-order chi connectivity index (χ1) is 7.97. The predicted molar refractivity (Wildman–Crippen MR) is 59.4 cm³/mol. The summed E-state index contributed by atoms with van der Waals surface area (Å²) in [7, 11) is 3.25. The minimum absolute atomic E-state index is 0.0863. The molecule has 1 aliphatic rings. The Morgan fingerprint density at radius 2 is 1.94 bits per heavy atom. The fourth-order valence-corrected chi connectivity index (χ4v) is 1.43. The van der Waals surface area contributed by atoms with Crippen LogP contribution in [0.15, 0.2) is 0 Å². The fraction of sp³-hybridized carbons (Fsp3) is 0.900. The number of ether oxygens (including phenoxy) is 2. The van der Waals surface area contributed by atoms with Crippen LogP contribution in [-0.4, -0.2) is 73.0 Å². The quantitative estimate of drug-likeness (QED) is 0.446. The molecule has 4 atom stereocenters. The summed E-state index contributed by atoms with van der Waals surface area (Å²) in [6.45, 7) is 1.05. The van der Waals surface area contributed by atoms with Crippen molar-refractivity contribution in [2.24, 2.45) is 0 Å². The Balaban J connectivity index is 0.000000770. The smallest absolute Gasteiger partial charge is 0.217 e. The number of aliphatic hydroxyl groups is 3. The number of carbonyl (C=O) groups excluding carboxylic acids is 1. The van der Waals surface area contributed by atoms with Crippen molar-refractivity contribution in [3.8, 4) is 0 Å². The van der Waals surface area contributed by atoms with Gasteiger partial charge in [0, 0.05) is 21.1 Å². The van der Waals surface area contributed by atoms with E-state index in [0.717, 1.165) is 0 Å². The summed E-state index contributed by atoms with van der Waals surface area (Å²) < 4.78 is 9.30. The summed E-state index contributed by atoms with van der Waals surface area (Å²) in [5, 5.41) is 30.2. The molecule has 0 aliphatic carbocycles. The van der Waals surface area contributed by atoms with Crippen LogP contribution in [0.3, 0.4) is 0 Å². The van der Waals surface area contributed by atoms with Gasteiger partial charge in [0.1, 0.15) is 18.3 Å². The van der Waals surface area contributed by atoms with Crippen LogP contribution in [0.4, 0.5) is 0 Å². The first kappa shape index (κ1) is 16.3. The minimum atomic E-state index is -1.18. The second-order valence-electron chi connectivity index (χ2n) is 3.75. The Hall–Kier alpha value is -0.730. The number of carbonyl (C=O) groups is 1. The van der Waals surface area contributed by atoms with E-state index in [9.17, 15) is 15.0 Å². The lowest BCUT2D eigenvalue weighted by Gasteiger charge is -2.36. The molecule has 1 aliphatic heterocycles. The maximum Gasteiger partial charge on any atom is 0.217 e. The molecule has 1 heterocycles. The molecule has 1 fully saturated rings. The van der Waals surface area contributed by atoms with Gasteiger partial charge >= 0.3 is 0 Å². The standard InChI is InChI=1S/C8H15NO5.C2H6O/c1-4(11)9-5-3-14-6(2-10)8(13)7(5)12;1-3-2/h5-8,10,12-13H,2-3H2,1H3,(H,9,11);1-2H3/t5-,6+,7+,8-;/m0./s1. The van der Waals surface area contributed by atoms with Gasteiger partial charge in [-0.05, 0) is 0 Å². The topological polar surface area (TPSA) is 108 Å².